The summed E-state index contributed by atoms with van der Waals surface area (Å²) in [5.74, 6) is -0.215. The molecule has 0 fully saturated rings. The zero-order valence-electron chi connectivity index (χ0n) is 12.6. The minimum atomic E-state index is -3.69. The molecule has 0 aliphatic carbocycles. The Morgan fingerprint density at radius 1 is 0.667 bits per heavy atom. The van der Waals surface area contributed by atoms with E-state index >= 15 is 0 Å². The molecule has 0 heterocycles. The molecular formula is C11H28O8S2. The molecule has 0 radical (unpaired) electrons. The maximum Gasteiger partial charge on any atom is 0.264 e. The summed E-state index contributed by atoms with van der Waals surface area (Å²) in [6.07, 6.45) is 3.16. The number of unbranched alkanes of at least 4 members (excludes halogenated alkanes) is 2. The number of aliphatic hydroxyl groups excluding tert-OH is 2. The molecule has 132 valence electrons. The Hall–Kier alpha value is -0.260. The van der Waals surface area contributed by atoms with Crippen LogP contribution in [0.1, 0.15) is 46.0 Å². The maximum absolute atomic E-state index is 9.95. The fourth-order valence-corrected chi connectivity index (χ4v) is 2.03. The highest BCUT2D eigenvalue weighted by atomic mass is 32.2. The van der Waals surface area contributed by atoms with Crippen LogP contribution in [0.2, 0.25) is 0 Å². The predicted molar refractivity (Wildman–Crippen MR) is 81.4 cm³/mol. The molecule has 0 saturated heterocycles. The van der Waals surface area contributed by atoms with Crippen molar-refractivity contribution in [3.8, 4) is 0 Å². The van der Waals surface area contributed by atoms with Gasteiger partial charge in [0.2, 0.25) is 0 Å². The lowest BCUT2D eigenvalue weighted by molar-refractivity contribution is 0.221. The van der Waals surface area contributed by atoms with E-state index in [0.29, 0.717) is 19.3 Å². The van der Waals surface area contributed by atoms with Crippen molar-refractivity contribution in [2.45, 2.75) is 46.0 Å². The zero-order chi connectivity index (χ0) is 17.4. The molecule has 0 spiro atoms. The van der Waals surface area contributed by atoms with E-state index in [4.69, 9.17) is 19.3 Å². The molecule has 8 nitrogen and oxygen atoms in total. The second kappa shape index (κ2) is 16.1. The first-order valence-electron chi connectivity index (χ1n) is 6.66. The van der Waals surface area contributed by atoms with Gasteiger partial charge in [0.05, 0.1) is 11.5 Å². The van der Waals surface area contributed by atoms with E-state index in [9.17, 15) is 16.8 Å². The molecule has 0 aromatic heterocycles. The quantitative estimate of drug-likeness (QED) is 0.466. The molecule has 0 saturated carbocycles. The first-order chi connectivity index (χ1) is 9.54. The summed E-state index contributed by atoms with van der Waals surface area (Å²) >= 11 is 0. The fourth-order valence-electron chi connectivity index (χ4n) is 0.724. The van der Waals surface area contributed by atoms with E-state index < -0.39 is 20.2 Å². The molecule has 0 aromatic carbocycles. The van der Waals surface area contributed by atoms with Gasteiger partial charge in [-0.2, -0.15) is 16.8 Å². The lowest BCUT2D eigenvalue weighted by atomic mass is 10.4. The molecule has 0 unspecified atom stereocenters. The minimum Gasteiger partial charge on any atom is -0.396 e. The molecule has 0 bridgehead atoms. The van der Waals surface area contributed by atoms with Gasteiger partial charge in [-0.25, -0.2) is 0 Å². The van der Waals surface area contributed by atoms with E-state index in [1.54, 1.807) is 0 Å². The van der Waals surface area contributed by atoms with Crippen molar-refractivity contribution < 1.29 is 36.2 Å². The molecule has 0 rings (SSSR count). The van der Waals surface area contributed by atoms with Crippen LogP contribution in [0, 0.1) is 0 Å². The maximum atomic E-state index is 9.95. The van der Waals surface area contributed by atoms with Crippen molar-refractivity contribution in [2.24, 2.45) is 0 Å². The van der Waals surface area contributed by atoms with Crippen molar-refractivity contribution in [1.82, 2.24) is 0 Å². The molecule has 10 heteroatoms. The van der Waals surface area contributed by atoms with Crippen LogP contribution in [0.15, 0.2) is 0 Å². The molecule has 0 aliphatic rings. The Balaban J connectivity index is -0.000000239. The van der Waals surface area contributed by atoms with Gasteiger partial charge in [-0.1, -0.05) is 26.7 Å². The number of hydrogen-bond donors (Lipinski definition) is 4. The van der Waals surface area contributed by atoms with Gasteiger partial charge in [0.1, 0.15) is 0 Å². The summed E-state index contributed by atoms with van der Waals surface area (Å²) in [5.41, 5.74) is 0. The normalized spacial score (nSPS) is 11.0. The van der Waals surface area contributed by atoms with Gasteiger partial charge < -0.3 is 10.2 Å². The predicted octanol–water partition coefficient (Wildman–Crippen LogP) is 0.710. The van der Waals surface area contributed by atoms with E-state index in [-0.39, 0.29) is 24.7 Å². The first-order valence-corrected chi connectivity index (χ1v) is 9.87. The molecule has 4 N–H and O–H groups in total. The average Bonchev–Trinajstić information content (AvgIpc) is 2.35. The Morgan fingerprint density at radius 3 is 1.00 bits per heavy atom. The molecule has 0 aliphatic heterocycles. The summed E-state index contributed by atoms with van der Waals surface area (Å²) in [5, 5.41) is 15.8. The van der Waals surface area contributed by atoms with Crippen LogP contribution in [0.5, 0.6) is 0 Å². The highest BCUT2D eigenvalue weighted by Gasteiger charge is 2.00. The van der Waals surface area contributed by atoms with Crippen molar-refractivity contribution in [1.29, 1.82) is 0 Å². The first kappa shape index (κ1) is 25.7. The largest absolute Gasteiger partial charge is 0.396 e. The highest BCUT2D eigenvalue weighted by molar-refractivity contribution is 7.86. The topological polar surface area (TPSA) is 149 Å². The van der Waals surface area contributed by atoms with Crippen LogP contribution in [-0.2, 0) is 20.2 Å². The smallest absolute Gasteiger partial charge is 0.264 e. The summed E-state index contributed by atoms with van der Waals surface area (Å²) in [6, 6.07) is 0. The van der Waals surface area contributed by atoms with E-state index in [0.717, 1.165) is 12.8 Å². The number of rotatable bonds is 8. The molecular weight excluding hydrogens is 324 g/mol. The number of hydrogen-bond acceptors (Lipinski definition) is 6. The lowest BCUT2D eigenvalue weighted by Gasteiger charge is -1.90. The Kier molecular flexibility index (Phi) is 19.7. The second-order valence-corrected chi connectivity index (χ2v) is 7.22. The van der Waals surface area contributed by atoms with E-state index in [1.165, 1.54) is 0 Å². The summed E-state index contributed by atoms with van der Waals surface area (Å²) in [4.78, 5) is 0. The molecule has 0 amide bonds. The Labute approximate surface area is 127 Å². The molecule has 21 heavy (non-hydrogen) atoms. The monoisotopic (exact) mass is 352 g/mol. The van der Waals surface area contributed by atoms with Crippen LogP contribution < -0.4 is 0 Å². The third-order valence-electron chi connectivity index (χ3n) is 1.83. The van der Waals surface area contributed by atoms with Crippen LogP contribution in [0.25, 0.3) is 0 Å². The van der Waals surface area contributed by atoms with Crippen LogP contribution in [0.4, 0.5) is 0 Å². The van der Waals surface area contributed by atoms with Gasteiger partial charge in [-0.3, -0.25) is 9.11 Å². The highest BCUT2D eigenvalue weighted by Crippen LogP contribution is 1.91. The SMILES string of the molecule is CCCCS(=O)(=O)O.CCCCS(=O)(=O)O.OCCCO. The van der Waals surface area contributed by atoms with Gasteiger partial charge in [-0.05, 0) is 19.3 Å². The lowest BCUT2D eigenvalue weighted by Crippen LogP contribution is -2.02. The van der Waals surface area contributed by atoms with Crippen LogP contribution in [-0.4, -0.2) is 60.9 Å². The van der Waals surface area contributed by atoms with Gasteiger partial charge in [-0.15, -0.1) is 0 Å². The standard InChI is InChI=1S/2C4H10O3S.C3H8O2/c2*1-2-3-4-8(5,6)7;4-2-1-3-5/h2*2-4H2,1H3,(H,5,6,7);4-5H,1-3H2. The number of aliphatic hydroxyl groups is 2. The summed E-state index contributed by atoms with van der Waals surface area (Å²) in [7, 11) is -7.37. The Bertz CT molecular complexity index is 350. The van der Waals surface area contributed by atoms with E-state index in [2.05, 4.69) is 0 Å². The molecule has 0 aromatic rings. The average molecular weight is 352 g/mol. The molecule has 0 atom stereocenters. The zero-order valence-corrected chi connectivity index (χ0v) is 14.2. The van der Waals surface area contributed by atoms with E-state index in [1.807, 2.05) is 13.8 Å². The van der Waals surface area contributed by atoms with Gasteiger partial charge in [0.25, 0.3) is 20.2 Å². The second-order valence-electron chi connectivity index (χ2n) is 4.08. The van der Waals surface area contributed by atoms with Crippen LogP contribution >= 0.6 is 0 Å². The van der Waals surface area contributed by atoms with Gasteiger partial charge in [0, 0.05) is 13.2 Å². The summed E-state index contributed by atoms with van der Waals surface area (Å²) < 4.78 is 56.0. The Morgan fingerprint density at radius 2 is 0.952 bits per heavy atom. The third kappa shape index (κ3) is 45.1. The van der Waals surface area contributed by atoms with Gasteiger partial charge in [0.15, 0.2) is 0 Å². The van der Waals surface area contributed by atoms with Crippen molar-refractivity contribution in [2.75, 3.05) is 24.7 Å². The minimum absolute atomic E-state index is 0.0938. The van der Waals surface area contributed by atoms with Crippen molar-refractivity contribution in [3.63, 3.8) is 0 Å². The van der Waals surface area contributed by atoms with Crippen molar-refractivity contribution >= 4 is 20.2 Å². The fraction of sp³-hybridized carbons (Fsp3) is 1.00. The van der Waals surface area contributed by atoms with Gasteiger partial charge >= 0.3 is 0 Å². The summed E-state index contributed by atoms with van der Waals surface area (Å²) in [6.45, 7) is 3.92. The third-order valence-corrected chi connectivity index (χ3v) is 3.44. The van der Waals surface area contributed by atoms with Crippen LogP contribution in [0.3, 0.4) is 0 Å². The van der Waals surface area contributed by atoms with Crippen molar-refractivity contribution in [3.05, 3.63) is 0 Å².